The molecular weight excluding hydrogens is 270 g/mol. The topological polar surface area (TPSA) is 55.8 Å². The summed E-state index contributed by atoms with van der Waals surface area (Å²) in [5, 5.41) is 0. The summed E-state index contributed by atoms with van der Waals surface area (Å²) in [6.45, 7) is 9.00. The Kier molecular flexibility index (Phi) is 6.65. The van der Waals surface area contributed by atoms with E-state index < -0.39 is 5.60 Å². The fraction of sp³-hybridized carbons (Fsp3) is 0.875. The molecule has 1 heterocycles. The van der Waals surface area contributed by atoms with Crippen LogP contribution in [0.3, 0.4) is 0 Å². The monoisotopic (exact) mass is 299 g/mol. The van der Waals surface area contributed by atoms with Crippen LogP contribution in [0.4, 0.5) is 4.79 Å². The molecular formula is C16H29NO4. The van der Waals surface area contributed by atoms with Crippen LogP contribution in [0.25, 0.3) is 0 Å². The number of rotatable bonds is 2. The molecule has 5 heteroatoms. The van der Waals surface area contributed by atoms with Gasteiger partial charge in [-0.25, -0.2) is 4.79 Å². The van der Waals surface area contributed by atoms with E-state index in [0.717, 1.165) is 25.7 Å². The van der Waals surface area contributed by atoms with Gasteiger partial charge in [-0.1, -0.05) is 6.42 Å². The predicted octanol–water partition coefficient (Wildman–Crippen LogP) is 2.87. The molecule has 5 nitrogen and oxygen atoms in total. The molecule has 122 valence electrons. The van der Waals surface area contributed by atoms with E-state index in [1.165, 1.54) is 6.42 Å². The zero-order chi connectivity index (χ0) is 16.0. The van der Waals surface area contributed by atoms with Crippen LogP contribution in [0.2, 0.25) is 0 Å². The van der Waals surface area contributed by atoms with Crippen LogP contribution in [-0.2, 0) is 14.3 Å². The molecule has 21 heavy (non-hydrogen) atoms. The van der Waals surface area contributed by atoms with Gasteiger partial charge in [0.1, 0.15) is 11.9 Å². The van der Waals surface area contributed by atoms with Crippen LogP contribution < -0.4 is 0 Å². The van der Waals surface area contributed by atoms with E-state index in [0.29, 0.717) is 18.4 Å². The fourth-order valence-electron chi connectivity index (χ4n) is 3.04. The van der Waals surface area contributed by atoms with Crippen molar-refractivity contribution in [3.63, 3.8) is 0 Å². The Bertz CT molecular complexity index is 349. The lowest BCUT2D eigenvalue weighted by molar-refractivity contribution is -0.112. The average molecular weight is 299 g/mol. The normalized spacial score (nSPS) is 27.7. The summed E-state index contributed by atoms with van der Waals surface area (Å²) >= 11 is 0. The molecule has 2 aliphatic rings. The fourth-order valence-corrected chi connectivity index (χ4v) is 3.04. The van der Waals surface area contributed by atoms with Gasteiger partial charge in [-0.05, 0) is 52.4 Å². The van der Waals surface area contributed by atoms with Crippen molar-refractivity contribution in [2.45, 2.75) is 58.6 Å². The molecule has 0 spiro atoms. The summed E-state index contributed by atoms with van der Waals surface area (Å²) in [6, 6.07) is -0.266. The van der Waals surface area contributed by atoms with Gasteiger partial charge < -0.3 is 14.3 Å². The SMILES string of the molecule is CC(C)(C)OC(=O)N1C[C@@H]2CCC[C@@H]2C1C=O.CCOC. The van der Waals surface area contributed by atoms with Gasteiger partial charge in [-0.3, -0.25) is 4.90 Å². The number of hydrogen-bond donors (Lipinski definition) is 0. The maximum Gasteiger partial charge on any atom is 0.410 e. The molecule has 1 amide bonds. The third-order valence-electron chi connectivity index (χ3n) is 4.00. The van der Waals surface area contributed by atoms with E-state index in [4.69, 9.17) is 4.74 Å². The highest BCUT2D eigenvalue weighted by Gasteiger charge is 2.46. The van der Waals surface area contributed by atoms with Gasteiger partial charge in [-0.2, -0.15) is 0 Å². The number of aldehydes is 1. The Hall–Kier alpha value is -1.10. The number of hydrogen-bond acceptors (Lipinski definition) is 4. The smallest absolute Gasteiger partial charge is 0.410 e. The molecule has 2 fully saturated rings. The van der Waals surface area contributed by atoms with Gasteiger partial charge in [0.05, 0.1) is 6.04 Å². The lowest BCUT2D eigenvalue weighted by Gasteiger charge is -2.27. The molecule has 2 rings (SSSR count). The average Bonchev–Trinajstić information content (AvgIpc) is 2.96. The summed E-state index contributed by atoms with van der Waals surface area (Å²) in [7, 11) is 1.68. The number of carbonyl (C=O) groups is 2. The van der Waals surface area contributed by atoms with Crippen molar-refractivity contribution in [3.05, 3.63) is 0 Å². The van der Waals surface area contributed by atoms with E-state index in [-0.39, 0.29) is 12.1 Å². The largest absolute Gasteiger partial charge is 0.444 e. The number of likely N-dealkylation sites (tertiary alicyclic amines) is 1. The van der Waals surface area contributed by atoms with Gasteiger partial charge in [0.25, 0.3) is 0 Å². The first kappa shape index (κ1) is 18.0. The molecule has 1 aliphatic heterocycles. The standard InChI is InChI=1S/C13H21NO3.C3H8O/c1-13(2,3)17-12(16)14-7-9-5-4-6-10(9)11(14)8-15;1-3-4-2/h8-11H,4-7H2,1-3H3;3H2,1-2H3/t9-,10-,11?;/m0./s1. The van der Waals surface area contributed by atoms with Gasteiger partial charge >= 0.3 is 6.09 Å². The Morgan fingerprint density at radius 3 is 2.43 bits per heavy atom. The second-order valence-corrected chi connectivity index (χ2v) is 6.69. The van der Waals surface area contributed by atoms with E-state index in [1.54, 1.807) is 12.0 Å². The molecule has 1 saturated carbocycles. The van der Waals surface area contributed by atoms with Crippen LogP contribution in [0.15, 0.2) is 0 Å². The Morgan fingerprint density at radius 1 is 1.33 bits per heavy atom. The Balaban J connectivity index is 0.000000491. The predicted molar refractivity (Wildman–Crippen MR) is 81.2 cm³/mol. The quantitative estimate of drug-likeness (QED) is 0.736. The first-order valence-electron chi connectivity index (χ1n) is 7.77. The molecule has 0 N–H and O–H groups in total. The highest BCUT2D eigenvalue weighted by Crippen LogP contribution is 2.41. The number of carbonyl (C=O) groups excluding carboxylic acids is 2. The molecule has 3 atom stereocenters. The van der Waals surface area contributed by atoms with Crippen molar-refractivity contribution in [2.24, 2.45) is 11.8 Å². The molecule has 0 bridgehead atoms. The second-order valence-electron chi connectivity index (χ2n) is 6.69. The van der Waals surface area contributed by atoms with Crippen molar-refractivity contribution in [1.82, 2.24) is 4.90 Å². The molecule has 0 aromatic rings. The minimum absolute atomic E-state index is 0.266. The van der Waals surface area contributed by atoms with Gasteiger partial charge in [0.15, 0.2) is 0 Å². The molecule has 0 aromatic heterocycles. The van der Waals surface area contributed by atoms with Crippen molar-refractivity contribution >= 4 is 12.4 Å². The summed E-state index contributed by atoms with van der Waals surface area (Å²) in [5.74, 6) is 0.859. The van der Waals surface area contributed by atoms with Crippen LogP contribution in [0.5, 0.6) is 0 Å². The summed E-state index contributed by atoms with van der Waals surface area (Å²) in [5.41, 5.74) is -0.498. The van der Waals surface area contributed by atoms with Crippen LogP contribution in [-0.4, -0.2) is 49.2 Å². The number of methoxy groups -OCH3 is 1. The highest BCUT2D eigenvalue weighted by atomic mass is 16.6. The zero-order valence-electron chi connectivity index (χ0n) is 13.9. The molecule has 0 radical (unpaired) electrons. The van der Waals surface area contributed by atoms with E-state index in [2.05, 4.69) is 4.74 Å². The number of fused-ring (bicyclic) bond motifs is 1. The number of nitrogens with zero attached hydrogens (tertiary/aromatic N) is 1. The molecule has 0 aromatic carbocycles. The highest BCUT2D eigenvalue weighted by molar-refractivity contribution is 5.75. The van der Waals surface area contributed by atoms with Gasteiger partial charge in [0, 0.05) is 20.3 Å². The third kappa shape index (κ3) is 4.99. The lowest BCUT2D eigenvalue weighted by Crippen LogP contribution is -2.42. The summed E-state index contributed by atoms with van der Waals surface area (Å²) in [6.07, 6.45) is 3.95. The summed E-state index contributed by atoms with van der Waals surface area (Å²) < 4.78 is 9.89. The first-order valence-corrected chi connectivity index (χ1v) is 7.77. The van der Waals surface area contributed by atoms with Gasteiger partial charge in [-0.15, -0.1) is 0 Å². The van der Waals surface area contributed by atoms with Crippen LogP contribution in [0, 0.1) is 11.8 Å². The van der Waals surface area contributed by atoms with E-state index in [9.17, 15) is 9.59 Å². The minimum atomic E-state index is -0.498. The molecule has 1 aliphatic carbocycles. The molecule has 1 saturated heterocycles. The third-order valence-corrected chi connectivity index (χ3v) is 4.00. The van der Waals surface area contributed by atoms with Crippen molar-refractivity contribution in [1.29, 1.82) is 0 Å². The summed E-state index contributed by atoms with van der Waals surface area (Å²) in [4.78, 5) is 24.8. The van der Waals surface area contributed by atoms with Crippen molar-refractivity contribution in [2.75, 3.05) is 20.3 Å². The maximum absolute atomic E-state index is 12.0. The Morgan fingerprint density at radius 2 is 1.95 bits per heavy atom. The zero-order valence-corrected chi connectivity index (χ0v) is 13.9. The molecule has 1 unspecified atom stereocenters. The minimum Gasteiger partial charge on any atom is -0.444 e. The first-order chi connectivity index (χ1) is 9.84. The second kappa shape index (κ2) is 7.78. The lowest BCUT2D eigenvalue weighted by atomic mass is 9.95. The van der Waals surface area contributed by atoms with E-state index >= 15 is 0 Å². The van der Waals surface area contributed by atoms with E-state index in [1.807, 2.05) is 27.7 Å². The Labute approximate surface area is 128 Å². The van der Waals surface area contributed by atoms with Crippen LogP contribution in [0.1, 0.15) is 47.0 Å². The number of amides is 1. The maximum atomic E-state index is 12.0. The van der Waals surface area contributed by atoms with Crippen molar-refractivity contribution in [3.8, 4) is 0 Å². The number of ether oxygens (including phenoxy) is 2. The van der Waals surface area contributed by atoms with Gasteiger partial charge in [0.2, 0.25) is 0 Å². The van der Waals surface area contributed by atoms with Crippen molar-refractivity contribution < 1.29 is 19.1 Å². The van der Waals surface area contributed by atoms with Crippen LogP contribution >= 0.6 is 0 Å².